The highest BCUT2D eigenvalue weighted by molar-refractivity contribution is 6.12. The first-order valence-corrected chi connectivity index (χ1v) is 13.5. The predicted molar refractivity (Wildman–Crippen MR) is 165 cm³/mol. The van der Waals surface area contributed by atoms with Gasteiger partial charge in [0.2, 0.25) is 0 Å². The molecule has 0 bridgehead atoms. The van der Waals surface area contributed by atoms with Gasteiger partial charge in [-0.1, -0.05) is 84.4 Å². The topological polar surface area (TPSA) is 9.86 Å². The van der Waals surface area contributed by atoms with Crippen molar-refractivity contribution < 1.29 is 0 Å². The monoisotopic (exact) mass is 498 g/mol. The number of nitrogens with zero attached hydrogens (tertiary/aromatic N) is 2. The third-order valence-electron chi connectivity index (χ3n) is 7.96. The molecule has 0 saturated carbocycles. The smallest absolute Gasteiger partial charge is 0.0547 e. The number of hydrogen-bond acceptors (Lipinski definition) is 0. The van der Waals surface area contributed by atoms with Crippen LogP contribution in [0.1, 0.15) is 5.56 Å². The lowest BCUT2D eigenvalue weighted by molar-refractivity contribution is 1.18. The van der Waals surface area contributed by atoms with Gasteiger partial charge in [0.1, 0.15) is 0 Å². The Hall–Kier alpha value is -5.08. The molecule has 0 unspecified atom stereocenters. The van der Waals surface area contributed by atoms with Gasteiger partial charge in [-0.2, -0.15) is 0 Å². The van der Waals surface area contributed by atoms with Crippen molar-refractivity contribution in [1.82, 2.24) is 9.13 Å². The van der Waals surface area contributed by atoms with Gasteiger partial charge < -0.3 is 9.13 Å². The standard InChI is InChI=1S/C37H26N2/c1-25-16-20-35-32(22-25)33-23-26(18-21-36(33)38(35)28-10-4-2-5-11-28)27-17-19-31-30-14-8-9-15-34(30)39(37(31)24-27)29-12-6-3-7-13-29/h2-24H,1H3. The van der Waals surface area contributed by atoms with Gasteiger partial charge in [0, 0.05) is 32.9 Å². The third-order valence-corrected chi connectivity index (χ3v) is 7.96. The van der Waals surface area contributed by atoms with Gasteiger partial charge >= 0.3 is 0 Å². The second-order valence-corrected chi connectivity index (χ2v) is 10.3. The van der Waals surface area contributed by atoms with Gasteiger partial charge in [0.05, 0.1) is 22.1 Å². The molecule has 0 atom stereocenters. The van der Waals surface area contributed by atoms with Crippen LogP contribution in [0.15, 0.2) is 140 Å². The van der Waals surface area contributed by atoms with Gasteiger partial charge in [0.15, 0.2) is 0 Å². The molecule has 0 amide bonds. The number of benzene rings is 6. The first kappa shape index (κ1) is 22.0. The average molecular weight is 499 g/mol. The van der Waals surface area contributed by atoms with Crippen LogP contribution in [0.4, 0.5) is 0 Å². The fourth-order valence-corrected chi connectivity index (χ4v) is 6.18. The van der Waals surface area contributed by atoms with E-state index in [2.05, 4.69) is 156 Å². The molecule has 8 aromatic rings. The molecule has 2 heterocycles. The summed E-state index contributed by atoms with van der Waals surface area (Å²) in [7, 11) is 0. The highest BCUT2D eigenvalue weighted by Gasteiger charge is 2.16. The largest absolute Gasteiger partial charge is 0.309 e. The number of aromatic nitrogens is 2. The summed E-state index contributed by atoms with van der Waals surface area (Å²) in [4.78, 5) is 0. The van der Waals surface area contributed by atoms with E-state index < -0.39 is 0 Å². The molecule has 8 rings (SSSR count). The average Bonchev–Trinajstić information content (AvgIpc) is 3.49. The molecule has 39 heavy (non-hydrogen) atoms. The molecule has 0 aliphatic rings. The van der Waals surface area contributed by atoms with E-state index in [9.17, 15) is 0 Å². The molecule has 2 heteroatoms. The van der Waals surface area contributed by atoms with Crippen molar-refractivity contribution in [2.75, 3.05) is 0 Å². The first-order valence-electron chi connectivity index (χ1n) is 13.5. The van der Waals surface area contributed by atoms with Crippen molar-refractivity contribution in [2.24, 2.45) is 0 Å². The van der Waals surface area contributed by atoms with Crippen LogP contribution < -0.4 is 0 Å². The van der Waals surface area contributed by atoms with Crippen LogP contribution in [-0.2, 0) is 0 Å². The predicted octanol–water partition coefficient (Wildman–Crippen LogP) is 9.86. The Morgan fingerprint density at radius 3 is 1.62 bits per heavy atom. The van der Waals surface area contributed by atoms with E-state index in [4.69, 9.17) is 0 Å². The highest BCUT2D eigenvalue weighted by Crippen LogP contribution is 2.38. The van der Waals surface area contributed by atoms with Crippen LogP contribution in [0.2, 0.25) is 0 Å². The van der Waals surface area contributed by atoms with Gasteiger partial charge in [-0.05, 0) is 78.7 Å². The number of hydrogen-bond donors (Lipinski definition) is 0. The Kier molecular flexibility index (Phi) is 4.77. The van der Waals surface area contributed by atoms with Crippen molar-refractivity contribution in [2.45, 2.75) is 6.92 Å². The first-order chi connectivity index (χ1) is 19.3. The Balaban J connectivity index is 1.39. The minimum atomic E-state index is 1.18. The lowest BCUT2D eigenvalue weighted by Crippen LogP contribution is -1.93. The zero-order valence-corrected chi connectivity index (χ0v) is 21.7. The molecule has 0 spiro atoms. The van der Waals surface area contributed by atoms with Crippen LogP contribution in [0.25, 0.3) is 66.1 Å². The molecule has 0 aliphatic heterocycles. The van der Waals surface area contributed by atoms with Gasteiger partial charge in [-0.3, -0.25) is 0 Å². The van der Waals surface area contributed by atoms with Crippen LogP contribution in [-0.4, -0.2) is 9.13 Å². The van der Waals surface area contributed by atoms with Crippen molar-refractivity contribution in [1.29, 1.82) is 0 Å². The lowest BCUT2D eigenvalue weighted by atomic mass is 10.0. The molecule has 0 fully saturated rings. The summed E-state index contributed by atoms with van der Waals surface area (Å²) in [6, 6.07) is 50.6. The van der Waals surface area contributed by atoms with E-state index in [0.717, 1.165) is 0 Å². The fourth-order valence-electron chi connectivity index (χ4n) is 6.18. The maximum absolute atomic E-state index is 2.39. The minimum Gasteiger partial charge on any atom is -0.309 e. The van der Waals surface area contributed by atoms with Crippen molar-refractivity contribution in [3.63, 3.8) is 0 Å². The van der Waals surface area contributed by atoms with E-state index in [1.54, 1.807) is 0 Å². The zero-order chi connectivity index (χ0) is 25.9. The molecule has 0 aliphatic carbocycles. The Labute approximate surface area is 227 Å². The van der Waals surface area contributed by atoms with E-state index in [0.29, 0.717) is 0 Å². The summed E-state index contributed by atoms with van der Waals surface area (Å²) in [5.41, 5.74) is 11.0. The molecule has 0 radical (unpaired) electrons. The Bertz CT molecular complexity index is 2160. The normalized spacial score (nSPS) is 11.7. The Morgan fingerprint density at radius 1 is 0.359 bits per heavy atom. The number of aryl methyl sites for hydroxylation is 1. The number of fused-ring (bicyclic) bond motifs is 6. The summed E-state index contributed by atoms with van der Waals surface area (Å²) in [5, 5.41) is 5.12. The second kappa shape index (κ2) is 8.47. The van der Waals surface area contributed by atoms with Crippen LogP contribution in [0.5, 0.6) is 0 Å². The van der Waals surface area contributed by atoms with Crippen molar-refractivity contribution in [3.05, 3.63) is 145 Å². The van der Waals surface area contributed by atoms with E-state index >= 15 is 0 Å². The van der Waals surface area contributed by atoms with E-state index in [1.807, 2.05) is 0 Å². The number of para-hydroxylation sites is 3. The van der Waals surface area contributed by atoms with Crippen LogP contribution in [0, 0.1) is 6.92 Å². The van der Waals surface area contributed by atoms with Gasteiger partial charge in [-0.15, -0.1) is 0 Å². The third kappa shape index (κ3) is 3.35. The molecule has 6 aromatic carbocycles. The lowest BCUT2D eigenvalue weighted by Gasteiger charge is -2.10. The van der Waals surface area contributed by atoms with Crippen LogP contribution >= 0.6 is 0 Å². The summed E-state index contributed by atoms with van der Waals surface area (Å²) in [6.45, 7) is 2.17. The molecule has 0 saturated heterocycles. The zero-order valence-electron chi connectivity index (χ0n) is 21.7. The van der Waals surface area contributed by atoms with E-state index in [-0.39, 0.29) is 0 Å². The van der Waals surface area contributed by atoms with Crippen molar-refractivity contribution in [3.8, 4) is 22.5 Å². The molecule has 0 N–H and O–H groups in total. The van der Waals surface area contributed by atoms with Gasteiger partial charge in [0.25, 0.3) is 0 Å². The molecule has 2 nitrogen and oxygen atoms in total. The highest BCUT2D eigenvalue weighted by atomic mass is 15.0. The number of rotatable bonds is 3. The second-order valence-electron chi connectivity index (χ2n) is 10.3. The molecule has 184 valence electrons. The maximum Gasteiger partial charge on any atom is 0.0547 e. The Morgan fingerprint density at radius 2 is 0.872 bits per heavy atom. The molecule has 2 aromatic heterocycles. The van der Waals surface area contributed by atoms with E-state index in [1.165, 1.54) is 71.7 Å². The molecular formula is C37H26N2. The summed E-state index contributed by atoms with van der Waals surface area (Å²) in [6.07, 6.45) is 0. The van der Waals surface area contributed by atoms with Crippen molar-refractivity contribution >= 4 is 43.6 Å². The minimum absolute atomic E-state index is 1.18. The summed E-state index contributed by atoms with van der Waals surface area (Å²) >= 11 is 0. The maximum atomic E-state index is 2.39. The molecular weight excluding hydrogens is 472 g/mol. The SMILES string of the molecule is Cc1ccc2c(c1)c1cc(-c3ccc4c5ccccc5n(-c5ccccc5)c4c3)ccc1n2-c1ccccc1. The summed E-state index contributed by atoms with van der Waals surface area (Å²) in [5.74, 6) is 0. The quantitative estimate of drug-likeness (QED) is 0.229. The van der Waals surface area contributed by atoms with Gasteiger partial charge in [-0.25, -0.2) is 0 Å². The summed E-state index contributed by atoms with van der Waals surface area (Å²) < 4.78 is 4.77. The fraction of sp³-hybridized carbons (Fsp3) is 0.0270. The van der Waals surface area contributed by atoms with Crippen LogP contribution in [0.3, 0.4) is 0 Å².